The number of esters is 1. The molecule has 2 aromatic rings. The topological polar surface area (TPSA) is 90.9 Å². The van der Waals surface area contributed by atoms with Crippen LogP contribution in [0, 0.1) is 0 Å². The highest BCUT2D eigenvalue weighted by Crippen LogP contribution is 2.32. The summed E-state index contributed by atoms with van der Waals surface area (Å²) in [6.45, 7) is 2.39. The Hall–Kier alpha value is -2.87. The van der Waals surface area contributed by atoms with Gasteiger partial charge in [-0.2, -0.15) is 0 Å². The summed E-state index contributed by atoms with van der Waals surface area (Å²) in [5.74, 6) is -0.0355. The molecule has 7 nitrogen and oxygen atoms in total. The zero-order valence-electron chi connectivity index (χ0n) is 14.9. The van der Waals surface area contributed by atoms with Crippen molar-refractivity contribution in [1.82, 2.24) is 0 Å². The lowest BCUT2D eigenvalue weighted by atomic mass is 10.2. The van der Waals surface area contributed by atoms with E-state index in [2.05, 4.69) is 5.32 Å². The van der Waals surface area contributed by atoms with Crippen LogP contribution in [-0.2, 0) is 20.3 Å². The van der Waals surface area contributed by atoms with Crippen LogP contribution in [0.1, 0.15) is 17.3 Å². The maximum atomic E-state index is 12.4. The molecule has 0 aromatic heterocycles. The Balaban J connectivity index is 1.66. The van der Waals surface area contributed by atoms with Gasteiger partial charge in [-0.25, -0.2) is 4.79 Å². The third-order valence-electron chi connectivity index (χ3n) is 3.88. The molecule has 0 saturated carbocycles. The van der Waals surface area contributed by atoms with Gasteiger partial charge in [-0.3, -0.25) is 9.00 Å². The Kier molecular flexibility index (Phi) is 5.75. The number of anilines is 1. The molecular formula is C19H19NO6S. The number of ether oxygens (including phenoxy) is 3. The van der Waals surface area contributed by atoms with Crippen molar-refractivity contribution < 1.29 is 28.0 Å². The first-order valence-corrected chi connectivity index (χ1v) is 9.85. The summed E-state index contributed by atoms with van der Waals surface area (Å²) in [4.78, 5) is 25.1. The molecule has 0 bridgehead atoms. The van der Waals surface area contributed by atoms with Crippen LogP contribution in [0.3, 0.4) is 0 Å². The van der Waals surface area contributed by atoms with Gasteiger partial charge < -0.3 is 19.5 Å². The molecule has 142 valence electrons. The van der Waals surface area contributed by atoms with E-state index in [0.717, 1.165) is 0 Å². The molecular weight excluding hydrogens is 370 g/mol. The van der Waals surface area contributed by atoms with Crippen LogP contribution in [0.25, 0.3) is 0 Å². The molecule has 1 aliphatic heterocycles. The largest absolute Gasteiger partial charge is 0.486 e. The van der Waals surface area contributed by atoms with Gasteiger partial charge >= 0.3 is 5.97 Å². The van der Waals surface area contributed by atoms with Crippen LogP contribution in [0.4, 0.5) is 5.69 Å². The summed E-state index contributed by atoms with van der Waals surface area (Å²) in [6, 6.07) is 11.5. The first-order chi connectivity index (χ1) is 13.0. The predicted octanol–water partition coefficient (Wildman–Crippen LogP) is 2.38. The third-order valence-corrected chi connectivity index (χ3v) is 4.85. The summed E-state index contributed by atoms with van der Waals surface area (Å²) in [5, 5.41) is 2.67. The molecule has 0 saturated heterocycles. The van der Waals surface area contributed by atoms with Crippen molar-refractivity contribution in [1.29, 1.82) is 0 Å². The van der Waals surface area contributed by atoms with E-state index in [4.69, 9.17) is 14.2 Å². The van der Waals surface area contributed by atoms with E-state index in [1.54, 1.807) is 36.4 Å². The van der Waals surface area contributed by atoms with Gasteiger partial charge in [0.25, 0.3) is 5.91 Å². The summed E-state index contributed by atoms with van der Waals surface area (Å²) in [6.07, 6.45) is 0.438. The van der Waals surface area contributed by atoms with Crippen molar-refractivity contribution in [2.45, 2.75) is 17.9 Å². The average Bonchev–Trinajstić information content (AvgIpc) is 2.67. The van der Waals surface area contributed by atoms with Gasteiger partial charge in [-0.05, 0) is 31.2 Å². The Labute approximate surface area is 159 Å². The average molecular weight is 389 g/mol. The highest BCUT2D eigenvalue weighted by Gasteiger charge is 2.22. The van der Waals surface area contributed by atoms with Crippen LogP contribution < -0.4 is 14.8 Å². The smallest absolute Gasteiger partial charge is 0.340 e. The zero-order valence-corrected chi connectivity index (χ0v) is 15.7. The lowest BCUT2D eigenvalue weighted by molar-refractivity contribution is -0.123. The van der Waals surface area contributed by atoms with E-state index in [1.165, 1.54) is 19.2 Å². The van der Waals surface area contributed by atoms with E-state index in [-0.39, 0.29) is 5.56 Å². The molecule has 0 unspecified atom stereocenters. The maximum Gasteiger partial charge on any atom is 0.340 e. The van der Waals surface area contributed by atoms with Crippen molar-refractivity contribution in [3.63, 3.8) is 0 Å². The quantitative estimate of drug-likeness (QED) is 0.790. The van der Waals surface area contributed by atoms with Crippen LogP contribution in [-0.4, -0.2) is 41.7 Å². The third kappa shape index (κ3) is 4.46. The van der Waals surface area contributed by atoms with E-state index in [1.807, 2.05) is 0 Å². The minimum atomic E-state index is -1.35. The standard InChI is InChI=1S/C19H19NO6S/c1-12(26-19(22)14-5-3-4-6-17(14)27(2)23)18(21)20-13-7-8-15-16(11-13)25-10-9-24-15/h3-8,11-12H,9-10H2,1-2H3,(H,20,21)/t12-,27-/m0/s1. The highest BCUT2D eigenvalue weighted by atomic mass is 32.2. The number of carbonyl (C=O) groups excluding carboxylic acids is 2. The van der Waals surface area contributed by atoms with E-state index in [0.29, 0.717) is 35.3 Å². The van der Waals surface area contributed by atoms with Gasteiger partial charge in [0.2, 0.25) is 0 Å². The lowest BCUT2D eigenvalue weighted by Gasteiger charge is -2.19. The van der Waals surface area contributed by atoms with Crippen molar-refractivity contribution in [3.8, 4) is 11.5 Å². The molecule has 2 aromatic carbocycles. The normalized spacial score (nSPS) is 14.7. The summed E-state index contributed by atoms with van der Waals surface area (Å²) >= 11 is 0. The van der Waals surface area contributed by atoms with Gasteiger partial charge in [0.15, 0.2) is 17.6 Å². The fourth-order valence-electron chi connectivity index (χ4n) is 2.53. The van der Waals surface area contributed by atoms with Crippen molar-refractivity contribution in [2.24, 2.45) is 0 Å². The molecule has 0 radical (unpaired) electrons. The fourth-order valence-corrected chi connectivity index (χ4v) is 3.26. The Morgan fingerprint density at radius 1 is 1.11 bits per heavy atom. The predicted molar refractivity (Wildman–Crippen MR) is 99.7 cm³/mol. The van der Waals surface area contributed by atoms with Crippen molar-refractivity contribution >= 4 is 28.4 Å². The first kappa shape index (κ1) is 18.9. The summed E-state index contributed by atoms with van der Waals surface area (Å²) in [7, 11) is -1.35. The second kappa shape index (κ2) is 8.22. The second-order valence-corrected chi connectivity index (χ2v) is 7.19. The van der Waals surface area contributed by atoms with E-state index >= 15 is 0 Å². The van der Waals surface area contributed by atoms with Gasteiger partial charge in [-0.15, -0.1) is 0 Å². The van der Waals surface area contributed by atoms with Gasteiger partial charge in [0.1, 0.15) is 13.2 Å². The number of carbonyl (C=O) groups is 2. The SMILES string of the molecule is C[C@H](OC(=O)c1ccccc1[S@](C)=O)C(=O)Nc1ccc2c(c1)OCCO2. The van der Waals surface area contributed by atoms with Crippen LogP contribution in [0.15, 0.2) is 47.4 Å². The monoisotopic (exact) mass is 389 g/mol. The number of nitrogens with one attached hydrogen (secondary N) is 1. The second-order valence-electron chi connectivity index (χ2n) is 5.85. The molecule has 1 heterocycles. The number of amides is 1. The molecule has 1 aliphatic rings. The molecule has 8 heteroatoms. The molecule has 1 N–H and O–H groups in total. The number of hydrogen-bond acceptors (Lipinski definition) is 6. The number of fused-ring (bicyclic) bond motifs is 1. The van der Waals surface area contributed by atoms with Crippen molar-refractivity contribution in [2.75, 3.05) is 24.8 Å². The highest BCUT2D eigenvalue weighted by molar-refractivity contribution is 7.84. The Bertz CT molecular complexity index is 898. The number of hydrogen-bond donors (Lipinski definition) is 1. The first-order valence-electron chi connectivity index (χ1n) is 8.29. The molecule has 2 atom stereocenters. The van der Waals surface area contributed by atoms with Gasteiger partial charge in [-0.1, -0.05) is 12.1 Å². The van der Waals surface area contributed by atoms with E-state index in [9.17, 15) is 13.8 Å². The van der Waals surface area contributed by atoms with Crippen LogP contribution >= 0.6 is 0 Å². The fraction of sp³-hybridized carbons (Fsp3) is 0.263. The summed E-state index contributed by atoms with van der Waals surface area (Å²) in [5.41, 5.74) is 0.680. The van der Waals surface area contributed by atoms with Gasteiger partial charge in [0, 0.05) is 18.0 Å². The zero-order chi connectivity index (χ0) is 19.4. The summed E-state index contributed by atoms with van der Waals surface area (Å²) < 4.78 is 27.9. The Morgan fingerprint density at radius 3 is 2.56 bits per heavy atom. The maximum absolute atomic E-state index is 12.4. The molecule has 0 spiro atoms. The minimum absolute atomic E-state index is 0.178. The van der Waals surface area contributed by atoms with Crippen molar-refractivity contribution in [3.05, 3.63) is 48.0 Å². The van der Waals surface area contributed by atoms with Crippen LogP contribution in [0.2, 0.25) is 0 Å². The lowest BCUT2D eigenvalue weighted by Crippen LogP contribution is -2.30. The van der Waals surface area contributed by atoms with Crippen LogP contribution in [0.5, 0.6) is 11.5 Å². The minimum Gasteiger partial charge on any atom is -0.486 e. The molecule has 0 fully saturated rings. The molecule has 3 rings (SSSR count). The number of rotatable bonds is 5. The number of benzene rings is 2. The molecule has 27 heavy (non-hydrogen) atoms. The molecule has 1 amide bonds. The Morgan fingerprint density at radius 2 is 1.81 bits per heavy atom. The molecule has 0 aliphatic carbocycles. The van der Waals surface area contributed by atoms with E-state index < -0.39 is 28.8 Å². The van der Waals surface area contributed by atoms with Gasteiger partial charge in [0.05, 0.1) is 21.3 Å².